The number of benzene rings is 1. The Morgan fingerprint density at radius 2 is 2.00 bits per heavy atom. The molecule has 1 atom stereocenters. The fraction of sp³-hybridized carbons (Fsp3) is 0.562. The number of hydrogen-bond acceptors (Lipinski definition) is 2. The lowest BCUT2D eigenvalue weighted by atomic mass is 9.92. The van der Waals surface area contributed by atoms with Crippen molar-refractivity contribution in [2.45, 2.75) is 52.5 Å². The molecule has 0 saturated heterocycles. The SMILES string of the molecule is CCC(=O)c1ccc(NC2CCC(C)(C)C2)cc1. The van der Waals surface area contributed by atoms with Crippen LogP contribution in [0.15, 0.2) is 24.3 Å². The predicted molar refractivity (Wildman–Crippen MR) is 76.1 cm³/mol. The Morgan fingerprint density at radius 3 is 2.50 bits per heavy atom. The van der Waals surface area contributed by atoms with Gasteiger partial charge in [0, 0.05) is 23.7 Å². The van der Waals surface area contributed by atoms with Crippen LogP contribution < -0.4 is 5.32 Å². The van der Waals surface area contributed by atoms with Crippen LogP contribution in [0, 0.1) is 5.41 Å². The average molecular weight is 245 g/mol. The minimum absolute atomic E-state index is 0.212. The summed E-state index contributed by atoms with van der Waals surface area (Å²) in [5.74, 6) is 0.212. The highest BCUT2D eigenvalue weighted by Crippen LogP contribution is 2.38. The summed E-state index contributed by atoms with van der Waals surface area (Å²) in [5, 5.41) is 3.57. The summed E-state index contributed by atoms with van der Waals surface area (Å²) < 4.78 is 0. The molecule has 1 aromatic rings. The van der Waals surface area contributed by atoms with Gasteiger partial charge in [0.25, 0.3) is 0 Å². The molecule has 2 heteroatoms. The summed E-state index contributed by atoms with van der Waals surface area (Å²) in [7, 11) is 0. The molecule has 2 rings (SSSR count). The maximum Gasteiger partial charge on any atom is 0.162 e. The molecule has 1 saturated carbocycles. The standard InChI is InChI=1S/C16H23NO/c1-4-15(18)12-5-7-13(8-6-12)17-14-9-10-16(2,3)11-14/h5-8,14,17H,4,9-11H2,1-3H3. The zero-order valence-corrected chi connectivity index (χ0v) is 11.6. The van der Waals surface area contributed by atoms with Gasteiger partial charge in [-0.15, -0.1) is 0 Å². The molecule has 1 aliphatic rings. The lowest BCUT2D eigenvalue weighted by Crippen LogP contribution is -2.17. The van der Waals surface area contributed by atoms with Crippen LogP contribution in [0.4, 0.5) is 5.69 Å². The molecular weight excluding hydrogens is 222 g/mol. The van der Waals surface area contributed by atoms with Crippen LogP contribution in [-0.4, -0.2) is 11.8 Å². The Balaban J connectivity index is 1.97. The molecule has 0 heterocycles. The highest BCUT2D eigenvalue weighted by molar-refractivity contribution is 5.96. The summed E-state index contributed by atoms with van der Waals surface area (Å²) in [5.41, 5.74) is 2.41. The van der Waals surface area contributed by atoms with Gasteiger partial charge < -0.3 is 5.32 Å². The molecule has 1 aliphatic carbocycles. The van der Waals surface area contributed by atoms with Crippen molar-refractivity contribution in [3.05, 3.63) is 29.8 Å². The van der Waals surface area contributed by atoms with E-state index in [1.54, 1.807) is 0 Å². The summed E-state index contributed by atoms with van der Waals surface area (Å²) >= 11 is 0. The van der Waals surface area contributed by atoms with E-state index in [2.05, 4.69) is 19.2 Å². The highest BCUT2D eigenvalue weighted by Gasteiger charge is 2.30. The van der Waals surface area contributed by atoms with Crippen molar-refractivity contribution in [2.75, 3.05) is 5.32 Å². The van der Waals surface area contributed by atoms with Crippen LogP contribution >= 0.6 is 0 Å². The van der Waals surface area contributed by atoms with E-state index in [1.165, 1.54) is 19.3 Å². The van der Waals surface area contributed by atoms with Crippen molar-refractivity contribution >= 4 is 11.5 Å². The van der Waals surface area contributed by atoms with E-state index in [4.69, 9.17) is 0 Å². The van der Waals surface area contributed by atoms with Gasteiger partial charge >= 0.3 is 0 Å². The van der Waals surface area contributed by atoms with E-state index >= 15 is 0 Å². The van der Waals surface area contributed by atoms with Gasteiger partial charge in [0.05, 0.1) is 0 Å². The van der Waals surface area contributed by atoms with E-state index < -0.39 is 0 Å². The van der Waals surface area contributed by atoms with Gasteiger partial charge in [-0.05, 0) is 48.9 Å². The first-order chi connectivity index (χ1) is 8.50. The number of carbonyl (C=O) groups is 1. The number of ketones is 1. The summed E-state index contributed by atoms with van der Waals surface area (Å²) in [4.78, 5) is 11.5. The molecule has 0 radical (unpaired) electrons. The van der Waals surface area contributed by atoms with Crippen molar-refractivity contribution in [1.29, 1.82) is 0 Å². The molecule has 2 nitrogen and oxygen atoms in total. The van der Waals surface area contributed by atoms with Gasteiger partial charge in [-0.2, -0.15) is 0 Å². The molecule has 0 aromatic heterocycles. The Kier molecular flexibility index (Phi) is 3.74. The highest BCUT2D eigenvalue weighted by atomic mass is 16.1. The van der Waals surface area contributed by atoms with Gasteiger partial charge in [0.2, 0.25) is 0 Å². The van der Waals surface area contributed by atoms with Crippen molar-refractivity contribution in [3.8, 4) is 0 Å². The Morgan fingerprint density at radius 1 is 1.33 bits per heavy atom. The molecule has 0 amide bonds. The van der Waals surface area contributed by atoms with Gasteiger partial charge in [-0.1, -0.05) is 20.8 Å². The fourth-order valence-electron chi connectivity index (χ4n) is 2.75. The molecule has 0 aliphatic heterocycles. The van der Waals surface area contributed by atoms with Crippen molar-refractivity contribution in [1.82, 2.24) is 0 Å². The van der Waals surface area contributed by atoms with Crippen LogP contribution in [0.1, 0.15) is 56.8 Å². The zero-order chi connectivity index (χ0) is 13.2. The first-order valence-electron chi connectivity index (χ1n) is 6.90. The normalized spacial score (nSPS) is 21.8. The number of nitrogens with one attached hydrogen (secondary N) is 1. The van der Waals surface area contributed by atoms with Gasteiger partial charge in [0.1, 0.15) is 0 Å². The smallest absolute Gasteiger partial charge is 0.162 e. The summed E-state index contributed by atoms with van der Waals surface area (Å²) in [6.45, 7) is 6.56. The third-order valence-corrected chi connectivity index (χ3v) is 3.87. The lowest BCUT2D eigenvalue weighted by molar-refractivity contribution is 0.0988. The van der Waals surface area contributed by atoms with Crippen LogP contribution in [0.5, 0.6) is 0 Å². The van der Waals surface area contributed by atoms with Crippen molar-refractivity contribution < 1.29 is 4.79 Å². The molecule has 18 heavy (non-hydrogen) atoms. The average Bonchev–Trinajstić information content (AvgIpc) is 2.68. The molecule has 1 N–H and O–H groups in total. The monoisotopic (exact) mass is 245 g/mol. The van der Waals surface area contributed by atoms with E-state index in [0.717, 1.165) is 11.3 Å². The quantitative estimate of drug-likeness (QED) is 0.803. The molecule has 1 fully saturated rings. The summed E-state index contributed by atoms with van der Waals surface area (Å²) in [6, 6.07) is 8.47. The Labute approximate surface area is 110 Å². The largest absolute Gasteiger partial charge is 0.382 e. The maximum atomic E-state index is 11.5. The van der Waals surface area contributed by atoms with Gasteiger partial charge in [-0.25, -0.2) is 0 Å². The molecule has 0 bridgehead atoms. The van der Waals surface area contributed by atoms with E-state index in [-0.39, 0.29) is 5.78 Å². The molecule has 1 unspecified atom stereocenters. The van der Waals surface area contributed by atoms with Crippen LogP contribution in [0.3, 0.4) is 0 Å². The second kappa shape index (κ2) is 5.13. The topological polar surface area (TPSA) is 29.1 Å². The van der Waals surface area contributed by atoms with Crippen LogP contribution in [0.2, 0.25) is 0 Å². The van der Waals surface area contributed by atoms with E-state index in [9.17, 15) is 4.79 Å². The first-order valence-corrected chi connectivity index (χ1v) is 6.90. The predicted octanol–water partition coefficient (Wildman–Crippen LogP) is 4.27. The zero-order valence-electron chi connectivity index (χ0n) is 11.6. The minimum atomic E-state index is 0.212. The third-order valence-electron chi connectivity index (χ3n) is 3.87. The van der Waals surface area contributed by atoms with Crippen LogP contribution in [-0.2, 0) is 0 Å². The Bertz CT molecular complexity index is 419. The second-order valence-electron chi connectivity index (χ2n) is 6.10. The molecule has 1 aromatic carbocycles. The van der Waals surface area contributed by atoms with Gasteiger partial charge in [0.15, 0.2) is 5.78 Å². The Hall–Kier alpha value is -1.31. The van der Waals surface area contributed by atoms with E-state index in [0.29, 0.717) is 17.9 Å². The fourth-order valence-corrected chi connectivity index (χ4v) is 2.75. The molecule has 98 valence electrons. The first kappa shape index (κ1) is 13.1. The number of rotatable bonds is 4. The maximum absolute atomic E-state index is 11.5. The lowest BCUT2D eigenvalue weighted by Gasteiger charge is -2.18. The van der Waals surface area contributed by atoms with Crippen LogP contribution in [0.25, 0.3) is 0 Å². The number of Topliss-reactive ketones (excluding diaryl/α,β-unsaturated/α-hetero) is 1. The number of anilines is 1. The molecular formula is C16H23NO. The second-order valence-corrected chi connectivity index (χ2v) is 6.10. The van der Waals surface area contributed by atoms with Crippen molar-refractivity contribution in [3.63, 3.8) is 0 Å². The van der Waals surface area contributed by atoms with Crippen molar-refractivity contribution in [2.24, 2.45) is 5.41 Å². The minimum Gasteiger partial charge on any atom is -0.382 e. The summed E-state index contributed by atoms with van der Waals surface area (Å²) in [6.07, 6.45) is 4.33. The van der Waals surface area contributed by atoms with E-state index in [1.807, 2.05) is 31.2 Å². The third kappa shape index (κ3) is 3.12. The van der Waals surface area contributed by atoms with Gasteiger partial charge in [-0.3, -0.25) is 4.79 Å². The molecule has 0 spiro atoms. The number of carbonyl (C=O) groups excluding carboxylic acids is 1. The number of hydrogen-bond donors (Lipinski definition) is 1.